The van der Waals surface area contributed by atoms with E-state index in [2.05, 4.69) is 21.8 Å². The third-order valence-electron chi connectivity index (χ3n) is 5.16. The lowest BCUT2D eigenvalue weighted by Gasteiger charge is -2.36. The van der Waals surface area contributed by atoms with Gasteiger partial charge in [0.25, 0.3) is 0 Å². The monoisotopic (exact) mass is 375 g/mol. The van der Waals surface area contributed by atoms with Crippen molar-refractivity contribution < 1.29 is 9.53 Å². The van der Waals surface area contributed by atoms with E-state index >= 15 is 0 Å². The number of halogens is 1. The Morgan fingerprint density at radius 1 is 1.31 bits per heavy atom. The molecule has 0 atom stereocenters. The number of carbonyl (C=O) groups excluding carboxylic acids is 1. The van der Waals surface area contributed by atoms with Crippen LogP contribution < -0.4 is 5.32 Å². The standard InChI is InChI=1S/C20H26ClN3O2/c1-2-18-22-11-13-24(18)12-3-10-23-19(25)20(8-14-26-15-9-20)16-4-6-17(21)7-5-16/h4-7,11,13H,2-3,8-10,12,14-15H2,1H3,(H,23,25). The summed E-state index contributed by atoms with van der Waals surface area (Å²) in [4.78, 5) is 17.4. The summed E-state index contributed by atoms with van der Waals surface area (Å²) < 4.78 is 7.65. The first-order valence-corrected chi connectivity index (χ1v) is 9.65. The Balaban J connectivity index is 1.62. The summed E-state index contributed by atoms with van der Waals surface area (Å²) in [6, 6.07) is 7.64. The smallest absolute Gasteiger partial charge is 0.230 e. The van der Waals surface area contributed by atoms with E-state index in [1.165, 1.54) is 0 Å². The van der Waals surface area contributed by atoms with Gasteiger partial charge < -0.3 is 14.6 Å². The summed E-state index contributed by atoms with van der Waals surface area (Å²) >= 11 is 6.02. The average molecular weight is 376 g/mol. The van der Waals surface area contributed by atoms with Crippen molar-refractivity contribution in [2.24, 2.45) is 0 Å². The Morgan fingerprint density at radius 3 is 2.73 bits per heavy atom. The van der Waals surface area contributed by atoms with Crippen LogP contribution in [0.15, 0.2) is 36.7 Å². The van der Waals surface area contributed by atoms with Gasteiger partial charge in [-0.05, 0) is 37.0 Å². The van der Waals surface area contributed by atoms with Crippen LogP contribution in [-0.4, -0.2) is 35.2 Å². The van der Waals surface area contributed by atoms with Crippen LogP contribution in [0.3, 0.4) is 0 Å². The topological polar surface area (TPSA) is 56.2 Å². The van der Waals surface area contributed by atoms with Crippen LogP contribution >= 0.6 is 11.6 Å². The molecule has 1 aliphatic heterocycles. The molecule has 1 aromatic heterocycles. The van der Waals surface area contributed by atoms with Crippen molar-refractivity contribution in [3.8, 4) is 0 Å². The minimum absolute atomic E-state index is 0.0875. The molecule has 0 radical (unpaired) electrons. The van der Waals surface area contributed by atoms with Crippen molar-refractivity contribution in [1.29, 1.82) is 0 Å². The molecule has 0 bridgehead atoms. The third kappa shape index (κ3) is 4.10. The molecule has 140 valence electrons. The highest BCUT2D eigenvalue weighted by Gasteiger charge is 2.41. The van der Waals surface area contributed by atoms with Crippen LogP contribution in [0.5, 0.6) is 0 Å². The van der Waals surface area contributed by atoms with E-state index in [0.717, 1.165) is 30.8 Å². The van der Waals surface area contributed by atoms with Gasteiger partial charge in [0.15, 0.2) is 0 Å². The van der Waals surface area contributed by atoms with Gasteiger partial charge in [-0.1, -0.05) is 30.7 Å². The highest BCUT2D eigenvalue weighted by molar-refractivity contribution is 6.30. The number of ether oxygens (including phenoxy) is 1. The molecule has 5 nitrogen and oxygen atoms in total. The maximum Gasteiger partial charge on any atom is 0.230 e. The molecule has 0 aliphatic carbocycles. The second-order valence-corrected chi connectivity index (χ2v) is 7.14. The zero-order valence-electron chi connectivity index (χ0n) is 15.2. The zero-order chi connectivity index (χ0) is 18.4. The largest absolute Gasteiger partial charge is 0.381 e. The third-order valence-corrected chi connectivity index (χ3v) is 5.41. The number of hydrogen-bond acceptors (Lipinski definition) is 3. The Kier molecular flexibility index (Phi) is 6.33. The number of amides is 1. The molecule has 0 unspecified atom stereocenters. The van der Waals surface area contributed by atoms with E-state index in [0.29, 0.717) is 37.6 Å². The molecule has 1 saturated heterocycles. The van der Waals surface area contributed by atoms with Crippen molar-refractivity contribution in [2.75, 3.05) is 19.8 Å². The van der Waals surface area contributed by atoms with Crippen molar-refractivity contribution in [3.63, 3.8) is 0 Å². The molecule has 6 heteroatoms. The SMILES string of the molecule is CCc1nccn1CCCNC(=O)C1(c2ccc(Cl)cc2)CCOCC1. The minimum Gasteiger partial charge on any atom is -0.381 e. The molecule has 1 aromatic carbocycles. The first-order valence-electron chi connectivity index (χ1n) is 9.28. The normalized spacial score (nSPS) is 16.4. The summed E-state index contributed by atoms with van der Waals surface area (Å²) in [6.45, 7) is 4.81. The van der Waals surface area contributed by atoms with Crippen molar-refractivity contribution in [3.05, 3.63) is 53.1 Å². The molecule has 1 amide bonds. The number of carbonyl (C=O) groups is 1. The van der Waals surface area contributed by atoms with E-state index < -0.39 is 5.41 Å². The van der Waals surface area contributed by atoms with Crippen LogP contribution in [0, 0.1) is 0 Å². The lowest BCUT2D eigenvalue weighted by atomic mass is 9.73. The van der Waals surface area contributed by atoms with Gasteiger partial charge in [-0.15, -0.1) is 0 Å². The van der Waals surface area contributed by atoms with Crippen LogP contribution in [0.4, 0.5) is 0 Å². The van der Waals surface area contributed by atoms with Gasteiger partial charge in [0.1, 0.15) is 5.82 Å². The predicted octanol–water partition coefficient (Wildman–Crippen LogP) is 3.35. The molecule has 2 heterocycles. The number of hydrogen-bond donors (Lipinski definition) is 1. The first kappa shape index (κ1) is 18.9. The van der Waals surface area contributed by atoms with Gasteiger partial charge in [-0.3, -0.25) is 4.79 Å². The van der Waals surface area contributed by atoms with Gasteiger partial charge in [-0.2, -0.15) is 0 Å². The quantitative estimate of drug-likeness (QED) is 0.755. The van der Waals surface area contributed by atoms with Gasteiger partial charge >= 0.3 is 0 Å². The molecule has 0 spiro atoms. The molecule has 1 fully saturated rings. The molecule has 2 aromatic rings. The fourth-order valence-corrected chi connectivity index (χ4v) is 3.74. The minimum atomic E-state index is -0.521. The molecular weight excluding hydrogens is 350 g/mol. The Labute approximate surface area is 159 Å². The van der Waals surface area contributed by atoms with Crippen LogP contribution in [0.1, 0.15) is 37.6 Å². The van der Waals surface area contributed by atoms with Crippen molar-refractivity contribution in [1.82, 2.24) is 14.9 Å². The second kappa shape index (κ2) is 8.69. The average Bonchev–Trinajstić information content (AvgIpc) is 3.13. The van der Waals surface area contributed by atoms with Crippen LogP contribution in [0.2, 0.25) is 5.02 Å². The number of rotatable bonds is 7. The fraction of sp³-hybridized carbons (Fsp3) is 0.500. The summed E-state index contributed by atoms with van der Waals surface area (Å²) in [7, 11) is 0. The number of imidazole rings is 1. The van der Waals surface area contributed by atoms with E-state index in [1.807, 2.05) is 36.7 Å². The van der Waals surface area contributed by atoms with Gasteiger partial charge in [-0.25, -0.2) is 4.98 Å². The molecular formula is C20H26ClN3O2. The maximum atomic E-state index is 13.1. The van der Waals surface area contributed by atoms with E-state index in [9.17, 15) is 4.79 Å². The summed E-state index contributed by atoms with van der Waals surface area (Å²) in [5.41, 5.74) is 0.498. The Hall–Kier alpha value is -1.85. The van der Waals surface area contributed by atoms with Crippen molar-refractivity contribution >= 4 is 17.5 Å². The molecule has 0 saturated carbocycles. The maximum absolute atomic E-state index is 13.1. The highest BCUT2D eigenvalue weighted by Crippen LogP contribution is 2.35. The summed E-state index contributed by atoms with van der Waals surface area (Å²) in [5, 5.41) is 3.83. The number of nitrogens with one attached hydrogen (secondary N) is 1. The molecule has 1 aliphatic rings. The summed E-state index contributed by atoms with van der Waals surface area (Å²) in [6.07, 6.45) is 7.01. The van der Waals surface area contributed by atoms with Gasteiger partial charge in [0, 0.05) is 50.1 Å². The van der Waals surface area contributed by atoms with Crippen LogP contribution in [-0.2, 0) is 27.9 Å². The molecule has 3 rings (SSSR count). The number of aryl methyl sites for hydroxylation is 2. The fourth-order valence-electron chi connectivity index (χ4n) is 3.61. The zero-order valence-corrected chi connectivity index (χ0v) is 16.0. The second-order valence-electron chi connectivity index (χ2n) is 6.70. The number of nitrogens with zero attached hydrogens (tertiary/aromatic N) is 2. The van der Waals surface area contributed by atoms with E-state index in [1.54, 1.807) is 0 Å². The molecule has 1 N–H and O–H groups in total. The predicted molar refractivity (Wildman–Crippen MR) is 102 cm³/mol. The lowest BCUT2D eigenvalue weighted by Crippen LogP contribution is -2.48. The highest BCUT2D eigenvalue weighted by atomic mass is 35.5. The van der Waals surface area contributed by atoms with E-state index in [4.69, 9.17) is 16.3 Å². The van der Waals surface area contributed by atoms with Gasteiger partial charge in [0.2, 0.25) is 5.91 Å². The Bertz CT molecular complexity index is 721. The first-order chi connectivity index (χ1) is 12.7. The van der Waals surface area contributed by atoms with E-state index in [-0.39, 0.29) is 5.91 Å². The molecule has 26 heavy (non-hydrogen) atoms. The number of aromatic nitrogens is 2. The Morgan fingerprint density at radius 2 is 2.04 bits per heavy atom. The van der Waals surface area contributed by atoms with Crippen LogP contribution in [0.25, 0.3) is 0 Å². The summed E-state index contributed by atoms with van der Waals surface area (Å²) in [5.74, 6) is 1.17. The van der Waals surface area contributed by atoms with Gasteiger partial charge in [0.05, 0.1) is 5.41 Å². The van der Waals surface area contributed by atoms with Crippen molar-refractivity contribution in [2.45, 2.75) is 44.6 Å². The number of benzene rings is 1. The lowest BCUT2D eigenvalue weighted by molar-refractivity contribution is -0.130.